The van der Waals surface area contributed by atoms with E-state index in [9.17, 15) is 0 Å². The summed E-state index contributed by atoms with van der Waals surface area (Å²) in [5.41, 5.74) is 6.77. The third-order valence-electron chi connectivity index (χ3n) is 3.75. The average Bonchev–Trinajstić information content (AvgIpc) is 2.49. The summed E-state index contributed by atoms with van der Waals surface area (Å²) >= 11 is 0. The fraction of sp³-hybridized carbons (Fsp3) is 0.625. The summed E-state index contributed by atoms with van der Waals surface area (Å²) in [7, 11) is 2.15. The van der Waals surface area contributed by atoms with Gasteiger partial charge in [0.05, 0.1) is 6.61 Å². The molecule has 1 aliphatic heterocycles. The second-order valence-corrected chi connectivity index (χ2v) is 5.51. The molecule has 1 fully saturated rings. The van der Waals surface area contributed by atoms with Crippen molar-refractivity contribution < 1.29 is 9.47 Å². The maximum absolute atomic E-state index is 5.83. The van der Waals surface area contributed by atoms with Crippen LogP contribution in [0.5, 0.6) is 5.75 Å². The molecule has 1 saturated heterocycles. The van der Waals surface area contributed by atoms with Crippen LogP contribution in [-0.2, 0) is 11.3 Å². The van der Waals surface area contributed by atoms with Crippen LogP contribution in [-0.4, -0.2) is 44.9 Å². The zero-order valence-electron chi connectivity index (χ0n) is 12.4. The number of para-hydroxylation sites is 1. The van der Waals surface area contributed by atoms with Crippen LogP contribution < -0.4 is 10.5 Å². The van der Waals surface area contributed by atoms with Crippen molar-refractivity contribution >= 4 is 0 Å². The van der Waals surface area contributed by atoms with Crippen molar-refractivity contribution in [1.82, 2.24) is 4.90 Å². The lowest BCUT2D eigenvalue weighted by Crippen LogP contribution is -2.33. The van der Waals surface area contributed by atoms with Crippen molar-refractivity contribution in [2.45, 2.75) is 19.4 Å². The molecule has 0 bridgehead atoms. The number of hydrogen-bond donors (Lipinski definition) is 1. The van der Waals surface area contributed by atoms with E-state index in [4.69, 9.17) is 15.2 Å². The van der Waals surface area contributed by atoms with Gasteiger partial charge in [0.2, 0.25) is 0 Å². The van der Waals surface area contributed by atoms with Crippen LogP contribution in [0.25, 0.3) is 0 Å². The highest BCUT2D eigenvalue weighted by Crippen LogP contribution is 2.17. The van der Waals surface area contributed by atoms with E-state index in [0.29, 0.717) is 19.1 Å². The third-order valence-corrected chi connectivity index (χ3v) is 3.75. The van der Waals surface area contributed by atoms with Gasteiger partial charge in [-0.1, -0.05) is 18.2 Å². The topological polar surface area (TPSA) is 47.7 Å². The molecule has 1 atom stereocenters. The average molecular weight is 278 g/mol. The Balaban J connectivity index is 1.69. The van der Waals surface area contributed by atoms with Gasteiger partial charge < -0.3 is 20.1 Å². The molecule has 0 saturated carbocycles. The normalized spacial score (nSPS) is 19.2. The highest BCUT2D eigenvalue weighted by Gasteiger charge is 2.15. The molecule has 0 aromatic heterocycles. The third kappa shape index (κ3) is 4.78. The number of ether oxygens (including phenoxy) is 2. The zero-order valence-corrected chi connectivity index (χ0v) is 12.4. The predicted molar refractivity (Wildman–Crippen MR) is 80.9 cm³/mol. The van der Waals surface area contributed by atoms with E-state index < -0.39 is 0 Å². The standard InChI is InChI=1S/C16H26N2O2/c1-18(12-14-5-4-9-19-13-14)8-10-20-16-7-3-2-6-15(16)11-17/h2-3,6-7,14H,4-5,8-13,17H2,1H3. The second kappa shape index (κ2) is 8.25. The zero-order chi connectivity index (χ0) is 14.2. The highest BCUT2D eigenvalue weighted by molar-refractivity contribution is 5.32. The molecule has 2 N–H and O–H groups in total. The van der Waals surface area contributed by atoms with Gasteiger partial charge in [0.15, 0.2) is 0 Å². The molecule has 4 heteroatoms. The molecule has 0 aliphatic carbocycles. The summed E-state index contributed by atoms with van der Waals surface area (Å²) in [6, 6.07) is 7.97. The molecule has 112 valence electrons. The summed E-state index contributed by atoms with van der Waals surface area (Å²) < 4.78 is 11.4. The van der Waals surface area contributed by atoms with Crippen molar-refractivity contribution in [3.63, 3.8) is 0 Å². The minimum absolute atomic E-state index is 0.519. The smallest absolute Gasteiger partial charge is 0.123 e. The molecule has 1 aliphatic rings. The fourth-order valence-corrected chi connectivity index (χ4v) is 2.61. The van der Waals surface area contributed by atoms with Gasteiger partial charge in [-0.05, 0) is 31.9 Å². The van der Waals surface area contributed by atoms with E-state index in [1.54, 1.807) is 0 Å². The highest BCUT2D eigenvalue weighted by atomic mass is 16.5. The summed E-state index contributed by atoms with van der Waals surface area (Å²) in [5.74, 6) is 1.58. The SMILES string of the molecule is CN(CCOc1ccccc1CN)CC1CCCOC1. The lowest BCUT2D eigenvalue weighted by molar-refractivity contribution is 0.0405. The number of hydrogen-bond acceptors (Lipinski definition) is 4. The van der Waals surface area contributed by atoms with Gasteiger partial charge in [0.1, 0.15) is 12.4 Å². The molecule has 1 aromatic rings. The number of benzene rings is 1. The molecule has 1 aromatic carbocycles. The summed E-state index contributed by atoms with van der Waals surface area (Å²) in [6.07, 6.45) is 2.47. The Morgan fingerprint density at radius 2 is 2.25 bits per heavy atom. The first-order valence-corrected chi connectivity index (χ1v) is 7.46. The summed E-state index contributed by atoms with van der Waals surface area (Å²) in [5, 5.41) is 0. The first-order chi connectivity index (χ1) is 9.79. The molecule has 20 heavy (non-hydrogen) atoms. The molecular weight excluding hydrogens is 252 g/mol. The van der Waals surface area contributed by atoms with E-state index in [-0.39, 0.29) is 0 Å². The largest absolute Gasteiger partial charge is 0.492 e. The predicted octanol–water partition coefficient (Wildman–Crippen LogP) is 1.88. The Bertz CT molecular complexity index is 392. The van der Waals surface area contributed by atoms with Gasteiger partial charge in [-0.3, -0.25) is 0 Å². The van der Waals surface area contributed by atoms with E-state index in [0.717, 1.165) is 37.6 Å². The van der Waals surface area contributed by atoms with Crippen molar-refractivity contribution in [1.29, 1.82) is 0 Å². The molecule has 4 nitrogen and oxygen atoms in total. The molecule has 0 amide bonds. The molecule has 1 unspecified atom stereocenters. The maximum atomic E-state index is 5.83. The van der Waals surface area contributed by atoms with Crippen LogP contribution in [0.4, 0.5) is 0 Å². The van der Waals surface area contributed by atoms with Gasteiger partial charge >= 0.3 is 0 Å². The lowest BCUT2D eigenvalue weighted by Gasteiger charge is -2.27. The van der Waals surface area contributed by atoms with Crippen LogP contribution in [0.1, 0.15) is 18.4 Å². The van der Waals surface area contributed by atoms with Crippen molar-refractivity contribution in [3.8, 4) is 5.75 Å². The van der Waals surface area contributed by atoms with Crippen LogP contribution in [0.15, 0.2) is 24.3 Å². The Labute approximate surface area is 121 Å². The Morgan fingerprint density at radius 1 is 1.40 bits per heavy atom. The molecule has 1 heterocycles. The summed E-state index contributed by atoms with van der Waals surface area (Å²) in [6.45, 7) is 5.06. The van der Waals surface area contributed by atoms with Gasteiger partial charge in [-0.15, -0.1) is 0 Å². The fourth-order valence-electron chi connectivity index (χ4n) is 2.61. The second-order valence-electron chi connectivity index (χ2n) is 5.51. The Hall–Kier alpha value is -1.10. The number of nitrogens with two attached hydrogens (primary N) is 1. The monoisotopic (exact) mass is 278 g/mol. The minimum atomic E-state index is 0.519. The molecule has 0 radical (unpaired) electrons. The van der Waals surface area contributed by atoms with E-state index >= 15 is 0 Å². The quantitative estimate of drug-likeness (QED) is 0.827. The first kappa shape index (κ1) is 15.3. The number of nitrogens with zero attached hydrogens (tertiary/aromatic N) is 1. The van der Waals surface area contributed by atoms with Crippen LogP contribution in [0, 0.1) is 5.92 Å². The summed E-state index contributed by atoms with van der Waals surface area (Å²) in [4.78, 5) is 2.32. The van der Waals surface area contributed by atoms with Gasteiger partial charge in [-0.25, -0.2) is 0 Å². The first-order valence-electron chi connectivity index (χ1n) is 7.46. The number of likely N-dealkylation sites (N-methyl/N-ethyl adjacent to an activating group) is 1. The van der Waals surface area contributed by atoms with Gasteiger partial charge in [0, 0.05) is 31.8 Å². The van der Waals surface area contributed by atoms with Gasteiger partial charge in [-0.2, -0.15) is 0 Å². The van der Waals surface area contributed by atoms with Gasteiger partial charge in [0.25, 0.3) is 0 Å². The Kier molecular flexibility index (Phi) is 6.30. The van der Waals surface area contributed by atoms with E-state index in [2.05, 4.69) is 11.9 Å². The van der Waals surface area contributed by atoms with Crippen LogP contribution in [0.3, 0.4) is 0 Å². The van der Waals surface area contributed by atoms with Crippen molar-refractivity contribution in [2.24, 2.45) is 11.7 Å². The van der Waals surface area contributed by atoms with Crippen molar-refractivity contribution in [2.75, 3.05) is 40.0 Å². The maximum Gasteiger partial charge on any atom is 0.123 e. The molecule has 2 rings (SSSR count). The van der Waals surface area contributed by atoms with Crippen molar-refractivity contribution in [3.05, 3.63) is 29.8 Å². The van der Waals surface area contributed by atoms with Crippen LogP contribution >= 0.6 is 0 Å². The van der Waals surface area contributed by atoms with Crippen LogP contribution in [0.2, 0.25) is 0 Å². The molecular formula is C16H26N2O2. The lowest BCUT2D eigenvalue weighted by atomic mass is 10.0. The minimum Gasteiger partial charge on any atom is -0.492 e. The molecule has 0 spiro atoms. The van der Waals surface area contributed by atoms with E-state index in [1.807, 2.05) is 24.3 Å². The van der Waals surface area contributed by atoms with E-state index in [1.165, 1.54) is 12.8 Å². The Morgan fingerprint density at radius 3 is 3.00 bits per heavy atom. The number of rotatable bonds is 7.